The van der Waals surface area contributed by atoms with E-state index in [1.54, 1.807) is 12.1 Å². The largest absolute Gasteiger partial charge is 0.480 e. The molecule has 1 aromatic carbocycles. The number of nitrogens with one attached hydrogen (secondary N) is 1. The number of carboxylic acids is 1. The minimum absolute atomic E-state index is 0.0666. The number of hydrogen-bond acceptors (Lipinski definition) is 4. The lowest BCUT2D eigenvalue weighted by atomic mass is 9.85. The highest BCUT2D eigenvalue weighted by Gasteiger charge is 2.37. The van der Waals surface area contributed by atoms with Gasteiger partial charge in [-0.25, -0.2) is 0 Å². The molecular formula is C16H23NO5S. The maximum absolute atomic E-state index is 10.7. The molecule has 2 fully saturated rings. The van der Waals surface area contributed by atoms with Crippen molar-refractivity contribution in [3.8, 4) is 0 Å². The summed E-state index contributed by atoms with van der Waals surface area (Å²) in [5, 5.41) is 12.0. The fourth-order valence-electron chi connectivity index (χ4n) is 3.22. The third-order valence-corrected chi connectivity index (χ3v) is 5.35. The lowest BCUT2D eigenvalue weighted by Gasteiger charge is -2.24. The molecule has 1 saturated carbocycles. The molecule has 1 heterocycles. The summed E-state index contributed by atoms with van der Waals surface area (Å²) < 4.78 is 29.6. The van der Waals surface area contributed by atoms with Crippen molar-refractivity contribution in [2.75, 3.05) is 0 Å². The standard InChI is InChI=1S/C9H15NO2.C7H8O3S/c11-9(12)8-5-6-3-1-2-4-7(6)10-8;1-6-2-4-7(5-3-6)11(8,9)10/h6-8,10H,1-5H2,(H,11,12);2-5H,1H3,(H,8,9,10)/t6-,7+,8+;/m1./s1. The van der Waals surface area contributed by atoms with Crippen molar-refractivity contribution in [1.29, 1.82) is 0 Å². The molecule has 1 saturated heterocycles. The van der Waals surface area contributed by atoms with Gasteiger partial charge in [0.05, 0.1) is 4.90 Å². The normalized spacial score (nSPS) is 26.8. The van der Waals surface area contributed by atoms with Gasteiger partial charge in [-0.2, -0.15) is 8.42 Å². The van der Waals surface area contributed by atoms with E-state index in [0.29, 0.717) is 12.0 Å². The second-order valence-corrected chi connectivity index (χ2v) is 7.65. The molecule has 0 radical (unpaired) electrons. The second kappa shape index (κ2) is 7.42. The first-order chi connectivity index (χ1) is 10.8. The Morgan fingerprint density at radius 2 is 1.78 bits per heavy atom. The van der Waals surface area contributed by atoms with E-state index >= 15 is 0 Å². The van der Waals surface area contributed by atoms with Gasteiger partial charge in [-0.15, -0.1) is 0 Å². The van der Waals surface area contributed by atoms with Gasteiger partial charge in [0.15, 0.2) is 0 Å². The summed E-state index contributed by atoms with van der Waals surface area (Å²) in [4.78, 5) is 10.6. The first-order valence-corrected chi connectivity index (χ1v) is 9.24. The van der Waals surface area contributed by atoms with Gasteiger partial charge in [0.25, 0.3) is 10.1 Å². The average Bonchev–Trinajstić information content (AvgIpc) is 2.91. The van der Waals surface area contributed by atoms with E-state index in [1.165, 1.54) is 37.8 Å². The molecule has 7 heteroatoms. The van der Waals surface area contributed by atoms with Crippen LogP contribution in [-0.4, -0.2) is 36.1 Å². The van der Waals surface area contributed by atoms with E-state index in [1.807, 2.05) is 6.92 Å². The summed E-state index contributed by atoms with van der Waals surface area (Å²) >= 11 is 0. The molecule has 1 aliphatic carbocycles. The molecule has 0 spiro atoms. The minimum atomic E-state index is -4.02. The predicted molar refractivity (Wildman–Crippen MR) is 85.9 cm³/mol. The minimum Gasteiger partial charge on any atom is -0.480 e. The van der Waals surface area contributed by atoms with Crippen LogP contribution < -0.4 is 5.32 Å². The van der Waals surface area contributed by atoms with Crippen molar-refractivity contribution < 1.29 is 22.9 Å². The fourth-order valence-corrected chi connectivity index (χ4v) is 3.70. The summed E-state index contributed by atoms with van der Waals surface area (Å²) in [6.07, 6.45) is 5.80. The van der Waals surface area contributed by atoms with Crippen LogP contribution in [0.4, 0.5) is 0 Å². The molecule has 1 aliphatic heterocycles. The van der Waals surface area contributed by atoms with Crippen LogP contribution in [0.2, 0.25) is 0 Å². The van der Waals surface area contributed by atoms with E-state index in [4.69, 9.17) is 9.66 Å². The van der Waals surface area contributed by atoms with Gasteiger partial charge in [0.2, 0.25) is 0 Å². The Morgan fingerprint density at radius 1 is 1.17 bits per heavy atom. The number of benzene rings is 1. The van der Waals surface area contributed by atoms with Crippen molar-refractivity contribution >= 4 is 16.1 Å². The van der Waals surface area contributed by atoms with Gasteiger partial charge >= 0.3 is 5.97 Å². The molecule has 0 unspecified atom stereocenters. The van der Waals surface area contributed by atoms with Gasteiger partial charge in [-0.3, -0.25) is 9.35 Å². The lowest BCUT2D eigenvalue weighted by molar-refractivity contribution is -0.139. The van der Waals surface area contributed by atoms with Crippen molar-refractivity contribution in [1.82, 2.24) is 5.32 Å². The van der Waals surface area contributed by atoms with E-state index in [2.05, 4.69) is 5.32 Å². The Bertz CT molecular complexity index is 627. The molecule has 3 rings (SSSR count). The maximum atomic E-state index is 10.7. The second-order valence-electron chi connectivity index (χ2n) is 6.23. The number of hydrogen-bond donors (Lipinski definition) is 3. The van der Waals surface area contributed by atoms with Crippen LogP contribution in [0.1, 0.15) is 37.7 Å². The molecule has 0 aromatic heterocycles. The van der Waals surface area contributed by atoms with E-state index in [0.717, 1.165) is 12.0 Å². The third-order valence-electron chi connectivity index (χ3n) is 4.48. The molecule has 0 amide bonds. The van der Waals surface area contributed by atoms with Crippen LogP contribution >= 0.6 is 0 Å². The zero-order valence-electron chi connectivity index (χ0n) is 13.1. The lowest BCUT2D eigenvalue weighted by Crippen LogP contribution is -2.36. The van der Waals surface area contributed by atoms with Gasteiger partial charge in [-0.05, 0) is 44.2 Å². The Hall–Kier alpha value is -1.44. The smallest absolute Gasteiger partial charge is 0.320 e. The monoisotopic (exact) mass is 341 g/mol. The quantitative estimate of drug-likeness (QED) is 0.713. The number of carboxylic acid groups (broad SMARTS) is 1. The van der Waals surface area contributed by atoms with Crippen molar-refractivity contribution in [3.05, 3.63) is 29.8 Å². The van der Waals surface area contributed by atoms with Gasteiger partial charge in [0.1, 0.15) is 6.04 Å². The van der Waals surface area contributed by atoms with E-state index < -0.39 is 16.1 Å². The van der Waals surface area contributed by atoms with E-state index in [-0.39, 0.29) is 10.9 Å². The Balaban J connectivity index is 0.000000168. The highest BCUT2D eigenvalue weighted by Crippen LogP contribution is 2.33. The van der Waals surface area contributed by atoms with Crippen LogP contribution in [0.15, 0.2) is 29.2 Å². The Morgan fingerprint density at radius 3 is 2.30 bits per heavy atom. The van der Waals surface area contributed by atoms with Crippen molar-refractivity contribution in [2.45, 2.75) is 56.0 Å². The van der Waals surface area contributed by atoms with Crippen molar-refractivity contribution in [3.63, 3.8) is 0 Å². The van der Waals surface area contributed by atoms with Crippen molar-refractivity contribution in [2.24, 2.45) is 5.92 Å². The van der Waals surface area contributed by atoms with Gasteiger partial charge < -0.3 is 10.4 Å². The zero-order valence-corrected chi connectivity index (χ0v) is 13.9. The molecular weight excluding hydrogens is 318 g/mol. The van der Waals surface area contributed by atoms with Crippen LogP contribution in [0, 0.1) is 12.8 Å². The topological polar surface area (TPSA) is 104 Å². The molecule has 3 atom stereocenters. The molecule has 2 aliphatic rings. The number of aliphatic carboxylic acids is 1. The third kappa shape index (κ3) is 5.02. The molecule has 3 N–H and O–H groups in total. The van der Waals surface area contributed by atoms with Crippen LogP contribution in [0.3, 0.4) is 0 Å². The van der Waals surface area contributed by atoms with E-state index in [9.17, 15) is 13.2 Å². The molecule has 23 heavy (non-hydrogen) atoms. The van der Waals surface area contributed by atoms with Crippen LogP contribution in [-0.2, 0) is 14.9 Å². The summed E-state index contributed by atoms with van der Waals surface area (Å²) in [6.45, 7) is 1.84. The average molecular weight is 341 g/mol. The first-order valence-electron chi connectivity index (χ1n) is 7.80. The summed E-state index contributed by atoms with van der Waals surface area (Å²) in [7, 11) is -4.02. The fraction of sp³-hybridized carbons (Fsp3) is 0.562. The number of rotatable bonds is 2. The maximum Gasteiger partial charge on any atom is 0.320 e. The highest BCUT2D eigenvalue weighted by atomic mass is 32.2. The Kier molecular flexibility index (Phi) is 5.78. The summed E-state index contributed by atoms with van der Waals surface area (Å²) in [6, 6.07) is 6.22. The zero-order chi connectivity index (χ0) is 17.0. The SMILES string of the molecule is Cc1ccc(S(=O)(=O)O)cc1.O=C(O)[C@@H]1C[C@H]2CCCC[C@@H]2N1. The van der Waals surface area contributed by atoms with Gasteiger partial charge in [0, 0.05) is 6.04 Å². The summed E-state index contributed by atoms with van der Waals surface area (Å²) in [5.74, 6) is -0.0377. The number of carbonyl (C=O) groups is 1. The highest BCUT2D eigenvalue weighted by molar-refractivity contribution is 7.85. The Labute approximate surface area is 136 Å². The molecule has 128 valence electrons. The first kappa shape index (κ1) is 17.9. The van der Waals surface area contributed by atoms with Crippen LogP contribution in [0.25, 0.3) is 0 Å². The molecule has 0 bridgehead atoms. The predicted octanol–water partition coefficient (Wildman–Crippen LogP) is 2.23. The number of fused-ring (bicyclic) bond motifs is 1. The summed E-state index contributed by atoms with van der Waals surface area (Å²) in [5.41, 5.74) is 0.956. The van der Waals surface area contributed by atoms with Crippen LogP contribution in [0.5, 0.6) is 0 Å². The number of aryl methyl sites for hydroxylation is 1. The van der Waals surface area contributed by atoms with Gasteiger partial charge in [-0.1, -0.05) is 30.5 Å². The molecule has 6 nitrogen and oxygen atoms in total. The molecule has 1 aromatic rings.